The smallest absolute Gasteiger partial charge is 0.288 e. The lowest BCUT2D eigenvalue weighted by molar-refractivity contribution is 0.600. The first-order valence-corrected chi connectivity index (χ1v) is 2.48. The van der Waals surface area contributed by atoms with Crippen molar-refractivity contribution in [1.82, 2.24) is 9.97 Å². The summed E-state index contributed by atoms with van der Waals surface area (Å²) in [6.07, 6.45) is 1.04. The molecule has 1 heterocycles. The second kappa shape index (κ2) is 2.14. The summed E-state index contributed by atoms with van der Waals surface area (Å²) in [4.78, 5) is 15.6. The Morgan fingerprint density at radius 1 is 1.78 bits per heavy atom. The van der Waals surface area contributed by atoms with Gasteiger partial charge in [0.1, 0.15) is 0 Å². The van der Waals surface area contributed by atoms with Gasteiger partial charge in [-0.3, -0.25) is 4.79 Å². The Labute approximate surface area is 54.5 Å². The second-order valence-electron chi connectivity index (χ2n) is 1.34. The van der Waals surface area contributed by atoms with Crippen LogP contribution in [0.5, 0.6) is 0 Å². The molecule has 0 saturated heterocycles. The number of aromatic amines is 1. The zero-order valence-corrected chi connectivity index (χ0v) is 4.94. The van der Waals surface area contributed by atoms with Crippen LogP contribution in [0.25, 0.3) is 0 Å². The number of hydrogen-bond acceptors (Lipinski definition) is 2. The van der Waals surface area contributed by atoms with Crippen molar-refractivity contribution >= 4 is 11.6 Å². The fraction of sp³-hybridized carbons (Fsp3) is 0. The second-order valence-corrected chi connectivity index (χ2v) is 1.69. The zero-order chi connectivity index (χ0) is 6.85. The molecule has 0 aliphatic carbocycles. The Kier molecular flexibility index (Phi) is 1.48. The molecular formula is C4H2ClFN2O. The van der Waals surface area contributed by atoms with E-state index in [1.54, 1.807) is 0 Å². The predicted molar refractivity (Wildman–Crippen MR) is 29.8 cm³/mol. The molecule has 0 unspecified atom stereocenters. The van der Waals surface area contributed by atoms with Gasteiger partial charge in [0.2, 0.25) is 5.82 Å². The topological polar surface area (TPSA) is 45.8 Å². The van der Waals surface area contributed by atoms with Gasteiger partial charge in [0.15, 0.2) is 5.15 Å². The monoisotopic (exact) mass is 148 g/mol. The van der Waals surface area contributed by atoms with Crippen molar-refractivity contribution in [2.45, 2.75) is 0 Å². The fourth-order valence-corrected chi connectivity index (χ4v) is 0.496. The van der Waals surface area contributed by atoms with E-state index in [2.05, 4.69) is 4.98 Å². The fourth-order valence-electron chi connectivity index (χ4n) is 0.361. The van der Waals surface area contributed by atoms with E-state index >= 15 is 0 Å². The minimum Gasteiger partial charge on any atom is -0.311 e. The zero-order valence-electron chi connectivity index (χ0n) is 4.19. The third-order valence-electron chi connectivity index (χ3n) is 0.754. The summed E-state index contributed by atoms with van der Waals surface area (Å²) in [6, 6.07) is 0. The highest BCUT2D eigenvalue weighted by atomic mass is 35.5. The van der Waals surface area contributed by atoms with Crippen LogP contribution in [0.1, 0.15) is 0 Å². The van der Waals surface area contributed by atoms with Crippen LogP contribution in [-0.2, 0) is 0 Å². The Bertz CT molecular complexity index is 272. The lowest BCUT2D eigenvalue weighted by atomic mass is 10.6. The average molecular weight is 149 g/mol. The van der Waals surface area contributed by atoms with Gasteiger partial charge in [-0.15, -0.1) is 0 Å². The Morgan fingerprint density at radius 3 is 2.89 bits per heavy atom. The molecule has 0 aliphatic heterocycles. The number of halogens is 2. The van der Waals surface area contributed by atoms with Gasteiger partial charge in [-0.05, 0) is 0 Å². The molecular weight excluding hydrogens is 147 g/mol. The Hall–Kier alpha value is -0.900. The Morgan fingerprint density at radius 2 is 2.44 bits per heavy atom. The maximum absolute atomic E-state index is 12.2. The summed E-state index contributed by atoms with van der Waals surface area (Å²) < 4.78 is 12.2. The molecule has 1 aromatic heterocycles. The van der Waals surface area contributed by atoms with Crippen molar-refractivity contribution in [3.63, 3.8) is 0 Å². The largest absolute Gasteiger partial charge is 0.311 e. The summed E-state index contributed by atoms with van der Waals surface area (Å²) in [7, 11) is 0. The molecule has 0 atom stereocenters. The molecule has 9 heavy (non-hydrogen) atoms. The third kappa shape index (κ3) is 1.08. The molecule has 48 valence electrons. The highest BCUT2D eigenvalue weighted by molar-refractivity contribution is 6.29. The molecule has 0 fully saturated rings. The van der Waals surface area contributed by atoms with Crippen molar-refractivity contribution in [2.24, 2.45) is 0 Å². The van der Waals surface area contributed by atoms with E-state index in [0.717, 1.165) is 6.33 Å². The van der Waals surface area contributed by atoms with E-state index in [0.29, 0.717) is 0 Å². The van der Waals surface area contributed by atoms with Crippen molar-refractivity contribution in [2.75, 3.05) is 0 Å². The molecule has 5 heteroatoms. The molecule has 3 nitrogen and oxygen atoms in total. The minimum atomic E-state index is -1.04. The molecule has 0 aliphatic rings. The van der Waals surface area contributed by atoms with Crippen molar-refractivity contribution in [3.8, 4) is 0 Å². The van der Waals surface area contributed by atoms with Gasteiger partial charge in [-0.25, -0.2) is 4.98 Å². The van der Waals surface area contributed by atoms with E-state index in [-0.39, 0.29) is 0 Å². The average Bonchev–Trinajstić information content (AvgIpc) is 1.83. The minimum absolute atomic E-state index is 0.404. The first-order chi connectivity index (χ1) is 4.22. The van der Waals surface area contributed by atoms with Gasteiger partial charge in [0.25, 0.3) is 5.56 Å². The van der Waals surface area contributed by atoms with Crippen LogP contribution in [0.2, 0.25) is 5.15 Å². The molecule has 0 radical (unpaired) electrons. The molecule has 0 bridgehead atoms. The van der Waals surface area contributed by atoms with E-state index in [4.69, 9.17) is 11.6 Å². The van der Waals surface area contributed by atoms with Crippen LogP contribution in [0.4, 0.5) is 4.39 Å². The van der Waals surface area contributed by atoms with Crippen LogP contribution < -0.4 is 5.56 Å². The summed E-state index contributed by atoms with van der Waals surface area (Å²) >= 11 is 5.11. The van der Waals surface area contributed by atoms with Crippen LogP contribution in [-0.4, -0.2) is 9.97 Å². The first-order valence-electron chi connectivity index (χ1n) is 2.10. The van der Waals surface area contributed by atoms with Crippen LogP contribution in [0.3, 0.4) is 0 Å². The van der Waals surface area contributed by atoms with E-state index in [9.17, 15) is 9.18 Å². The number of rotatable bonds is 0. The molecule has 1 rings (SSSR count). The SMILES string of the molecule is O=c1[nH]cnc(Cl)c1F. The number of hydrogen-bond donors (Lipinski definition) is 1. The highest BCUT2D eigenvalue weighted by Crippen LogP contribution is 2.01. The molecule has 0 aromatic carbocycles. The van der Waals surface area contributed by atoms with Gasteiger partial charge in [-0.2, -0.15) is 4.39 Å². The van der Waals surface area contributed by atoms with Crippen LogP contribution in [0.15, 0.2) is 11.1 Å². The maximum atomic E-state index is 12.2. The number of nitrogens with zero attached hydrogens (tertiary/aromatic N) is 1. The first kappa shape index (κ1) is 6.22. The van der Waals surface area contributed by atoms with E-state index < -0.39 is 16.5 Å². The highest BCUT2D eigenvalue weighted by Gasteiger charge is 2.01. The predicted octanol–water partition coefficient (Wildman–Crippen LogP) is 0.562. The van der Waals surface area contributed by atoms with Gasteiger partial charge in [-0.1, -0.05) is 11.6 Å². The molecule has 1 N–H and O–H groups in total. The summed E-state index contributed by atoms with van der Waals surface area (Å²) in [6.45, 7) is 0. The lowest BCUT2D eigenvalue weighted by Crippen LogP contribution is -2.10. The van der Waals surface area contributed by atoms with Gasteiger partial charge >= 0.3 is 0 Å². The van der Waals surface area contributed by atoms with Gasteiger partial charge in [0.05, 0.1) is 6.33 Å². The molecule has 0 spiro atoms. The van der Waals surface area contributed by atoms with Crippen molar-refractivity contribution < 1.29 is 4.39 Å². The Balaban J connectivity index is 3.43. The van der Waals surface area contributed by atoms with Crippen LogP contribution in [0, 0.1) is 5.82 Å². The summed E-state index contributed by atoms with van der Waals surface area (Å²) in [5, 5.41) is -0.404. The standard InChI is InChI=1S/C4H2ClFN2O/c5-3-2(6)4(9)8-1-7-3/h1H,(H,7,8,9). The normalized spacial score (nSPS) is 9.56. The van der Waals surface area contributed by atoms with Crippen molar-refractivity contribution in [3.05, 3.63) is 27.7 Å². The molecule has 0 saturated carbocycles. The lowest BCUT2D eigenvalue weighted by Gasteiger charge is -1.86. The van der Waals surface area contributed by atoms with Gasteiger partial charge in [0, 0.05) is 0 Å². The molecule has 0 amide bonds. The summed E-state index contributed by atoms with van der Waals surface area (Å²) in [5.41, 5.74) is -0.852. The molecule has 1 aromatic rings. The number of H-pyrrole nitrogens is 1. The quantitative estimate of drug-likeness (QED) is 0.547. The number of aromatic nitrogens is 2. The third-order valence-corrected chi connectivity index (χ3v) is 1.02. The maximum Gasteiger partial charge on any atom is 0.288 e. The van der Waals surface area contributed by atoms with Crippen LogP contribution >= 0.6 is 11.6 Å². The van der Waals surface area contributed by atoms with E-state index in [1.165, 1.54) is 0 Å². The van der Waals surface area contributed by atoms with Gasteiger partial charge < -0.3 is 4.98 Å². The summed E-state index contributed by atoms with van der Waals surface area (Å²) in [5.74, 6) is -1.04. The van der Waals surface area contributed by atoms with Crippen molar-refractivity contribution in [1.29, 1.82) is 0 Å². The van der Waals surface area contributed by atoms with E-state index in [1.807, 2.05) is 4.98 Å². The number of nitrogens with one attached hydrogen (secondary N) is 1.